The summed E-state index contributed by atoms with van der Waals surface area (Å²) in [5.74, 6) is -1.13. The minimum Gasteiger partial charge on any atom is -0.478 e. The van der Waals surface area contributed by atoms with Crippen molar-refractivity contribution < 1.29 is 14.7 Å². The van der Waals surface area contributed by atoms with Crippen LogP contribution in [0.5, 0.6) is 0 Å². The summed E-state index contributed by atoms with van der Waals surface area (Å²) in [5.41, 5.74) is 8.49. The second kappa shape index (κ2) is 11.4. The number of aryl methyl sites for hydroxylation is 3. The van der Waals surface area contributed by atoms with Crippen LogP contribution in [0.15, 0.2) is 66.9 Å². The predicted molar refractivity (Wildman–Crippen MR) is 170 cm³/mol. The van der Waals surface area contributed by atoms with Gasteiger partial charge in [0.25, 0.3) is 0 Å². The van der Waals surface area contributed by atoms with Gasteiger partial charge in [0.1, 0.15) is 0 Å². The summed E-state index contributed by atoms with van der Waals surface area (Å²) in [4.78, 5) is 30.9. The lowest BCUT2D eigenvalue weighted by molar-refractivity contribution is -0.118. The number of carbonyl (C=O) groups excluding carboxylic acids is 1. The van der Waals surface area contributed by atoms with Gasteiger partial charge in [-0.2, -0.15) is 0 Å². The smallest absolute Gasteiger partial charge is 0.335 e. The topological polar surface area (TPSA) is 99.5 Å². The standard InChI is InChI=1S/C33H35N5O3S/c1-18(2)31(39)35-26-13-12-24(15-20(26)4)38-30(29(36-33(38)42)27-9-7-8-14-34-27)25-16-21(5)37(22(25)6)28-17-23(32(40)41)11-10-19(28)3/h7-18,29-30H,1-6H3,(H,35,39)(H,36,42)(H,40,41)/t29-,30-/m0/s1. The Labute approximate surface area is 251 Å². The van der Waals surface area contributed by atoms with Gasteiger partial charge in [-0.3, -0.25) is 9.78 Å². The Hall–Kier alpha value is -4.50. The number of rotatable bonds is 7. The van der Waals surface area contributed by atoms with E-state index in [2.05, 4.69) is 38.1 Å². The fourth-order valence-corrected chi connectivity index (χ4v) is 5.95. The van der Waals surface area contributed by atoms with Crippen molar-refractivity contribution in [1.82, 2.24) is 14.9 Å². The molecule has 0 radical (unpaired) electrons. The fraction of sp³-hybridized carbons (Fsp3) is 0.273. The van der Waals surface area contributed by atoms with Gasteiger partial charge in [-0.15, -0.1) is 0 Å². The van der Waals surface area contributed by atoms with E-state index in [1.807, 2.05) is 77.1 Å². The van der Waals surface area contributed by atoms with E-state index in [9.17, 15) is 14.7 Å². The Morgan fingerprint density at radius 2 is 1.76 bits per heavy atom. The summed E-state index contributed by atoms with van der Waals surface area (Å²) < 4.78 is 2.11. The minimum atomic E-state index is -0.964. The van der Waals surface area contributed by atoms with E-state index in [4.69, 9.17) is 12.2 Å². The SMILES string of the molecule is Cc1cc(N2C(=S)N[C@@H](c3ccccn3)[C@@H]2c2cc(C)n(-c3cc(C(=O)O)ccc3C)c2C)ccc1NC(=O)C(C)C. The third-order valence-electron chi connectivity index (χ3n) is 7.85. The molecule has 216 valence electrons. The summed E-state index contributed by atoms with van der Waals surface area (Å²) in [5, 5.41) is 16.8. The molecule has 0 aliphatic carbocycles. The molecule has 0 spiro atoms. The molecular formula is C33H35N5O3S. The van der Waals surface area contributed by atoms with Gasteiger partial charge >= 0.3 is 5.97 Å². The van der Waals surface area contributed by atoms with Crippen molar-refractivity contribution in [2.75, 3.05) is 10.2 Å². The van der Waals surface area contributed by atoms with Crippen LogP contribution < -0.4 is 15.5 Å². The van der Waals surface area contributed by atoms with Gasteiger partial charge in [-0.25, -0.2) is 4.79 Å². The van der Waals surface area contributed by atoms with E-state index in [1.54, 1.807) is 18.3 Å². The number of hydrogen-bond acceptors (Lipinski definition) is 4. The van der Waals surface area contributed by atoms with Gasteiger partial charge in [0.05, 0.1) is 23.3 Å². The van der Waals surface area contributed by atoms with Gasteiger partial charge in [0.15, 0.2) is 5.11 Å². The molecule has 1 aliphatic heterocycles. The van der Waals surface area contributed by atoms with Gasteiger partial charge in [-0.05, 0) is 105 Å². The van der Waals surface area contributed by atoms with Crippen molar-refractivity contribution in [3.63, 3.8) is 0 Å². The Kier molecular flexibility index (Phi) is 7.88. The number of carboxylic acid groups (broad SMARTS) is 1. The Morgan fingerprint density at radius 1 is 1.00 bits per heavy atom. The number of carbonyl (C=O) groups is 2. The highest BCUT2D eigenvalue weighted by atomic mass is 32.1. The van der Waals surface area contributed by atoms with Crippen LogP contribution in [0.2, 0.25) is 0 Å². The Balaban J connectivity index is 1.64. The average molecular weight is 582 g/mol. The molecule has 1 fully saturated rings. The quantitative estimate of drug-likeness (QED) is 0.212. The van der Waals surface area contributed by atoms with Crippen molar-refractivity contribution in [3.8, 4) is 5.69 Å². The largest absolute Gasteiger partial charge is 0.478 e. The lowest BCUT2D eigenvalue weighted by Crippen LogP contribution is -2.29. The molecular weight excluding hydrogens is 546 g/mol. The highest BCUT2D eigenvalue weighted by Crippen LogP contribution is 2.44. The zero-order valence-electron chi connectivity index (χ0n) is 24.6. The molecule has 3 N–H and O–H groups in total. The van der Waals surface area contributed by atoms with Crippen molar-refractivity contribution in [2.45, 2.75) is 53.6 Å². The van der Waals surface area contributed by atoms with Gasteiger partial charge in [0.2, 0.25) is 5.91 Å². The van der Waals surface area contributed by atoms with Gasteiger partial charge < -0.3 is 25.2 Å². The van der Waals surface area contributed by atoms with E-state index in [0.29, 0.717) is 5.11 Å². The fourth-order valence-electron chi connectivity index (χ4n) is 5.61. The van der Waals surface area contributed by atoms with Crippen molar-refractivity contribution in [2.24, 2.45) is 5.92 Å². The number of hydrogen-bond donors (Lipinski definition) is 3. The van der Waals surface area contributed by atoms with Gasteiger partial charge in [0, 0.05) is 40.6 Å². The molecule has 8 nitrogen and oxygen atoms in total. The zero-order chi connectivity index (χ0) is 30.3. The number of amides is 1. The summed E-state index contributed by atoms with van der Waals surface area (Å²) in [6.07, 6.45) is 1.78. The Morgan fingerprint density at radius 3 is 2.40 bits per heavy atom. The molecule has 42 heavy (non-hydrogen) atoms. The third kappa shape index (κ3) is 5.27. The van der Waals surface area contributed by atoms with Crippen LogP contribution in [0.25, 0.3) is 5.69 Å². The summed E-state index contributed by atoms with van der Waals surface area (Å²) in [6.45, 7) is 11.8. The van der Waals surface area contributed by atoms with Crippen LogP contribution in [-0.2, 0) is 4.79 Å². The van der Waals surface area contributed by atoms with Crippen molar-refractivity contribution in [3.05, 3.63) is 106 Å². The number of thiocarbonyl (C=S) groups is 1. The number of anilines is 2. The normalized spacial score (nSPS) is 16.5. The van der Waals surface area contributed by atoms with Crippen molar-refractivity contribution >= 4 is 40.6 Å². The summed E-state index contributed by atoms with van der Waals surface area (Å²) in [6, 6.07) is 18.6. The van der Waals surface area contributed by atoms with Crippen LogP contribution in [0.4, 0.5) is 11.4 Å². The van der Waals surface area contributed by atoms with E-state index < -0.39 is 5.97 Å². The number of nitrogens with zero attached hydrogens (tertiary/aromatic N) is 3. The number of carboxylic acids is 1. The molecule has 2 atom stereocenters. The van der Waals surface area contributed by atoms with Crippen LogP contribution in [0, 0.1) is 33.6 Å². The van der Waals surface area contributed by atoms with Crippen LogP contribution in [0.1, 0.15) is 70.1 Å². The molecule has 2 aromatic heterocycles. The molecule has 1 amide bonds. The third-order valence-corrected chi connectivity index (χ3v) is 8.17. The zero-order valence-corrected chi connectivity index (χ0v) is 25.4. The second-order valence-electron chi connectivity index (χ2n) is 11.1. The first-order chi connectivity index (χ1) is 20.0. The van der Waals surface area contributed by atoms with Crippen molar-refractivity contribution in [1.29, 1.82) is 0 Å². The number of aromatic nitrogens is 2. The van der Waals surface area contributed by atoms with Crippen LogP contribution >= 0.6 is 12.2 Å². The molecule has 1 saturated heterocycles. The monoisotopic (exact) mass is 581 g/mol. The molecule has 5 rings (SSSR count). The van der Waals surface area contributed by atoms with Gasteiger partial charge in [-0.1, -0.05) is 26.0 Å². The molecule has 4 aromatic rings. The lowest BCUT2D eigenvalue weighted by Gasteiger charge is -2.29. The number of benzene rings is 2. The second-order valence-corrected chi connectivity index (χ2v) is 11.5. The average Bonchev–Trinajstić information content (AvgIpc) is 3.45. The molecule has 0 unspecified atom stereocenters. The Bertz CT molecular complexity index is 1700. The highest BCUT2D eigenvalue weighted by Gasteiger charge is 2.42. The van der Waals surface area contributed by atoms with E-state index in [0.717, 1.165) is 50.8 Å². The molecule has 0 bridgehead atoms. The maximum Gasteiger partial charge on any atom is 0.335 e. The van der Waals surface area contributed by atoms with E-state index in [-0.39, 0.29) is 29.5 Å². The molecule has 3 heterocycles. The van der Waals surface area contributed by atoms with E-state index in [1.165, 1.54) is 0 Å². The van der Waals surface area contributed by atoms with Crippen LogP contribution in [0.3, 0.4) is 0 Å². The first kappa shape index (κ1) is 29.0. The highest BCUT2D eigenvalue weighted by molar-refractivity contribution is 7.80. The molecule has 1 aliphatic rings. The first-order valence-electron chi connectivity index (χ1n) is 13.9. The first-order valence-corrected chi connectivity index (χ1v) is 14.3. The summed E-state index contributed by atoms with van der Waals surface area (Å²) >= 11 is 5.95. The maximum atomic E-state index is 12.4. The van der Waals surface area contributed by atoms with E-state index >= 15 is 0 Å². The lowest BCUT2D eigenvalue weighted by atomic mass is 9.96. The molecule has 0 saturated carbocycles. The molecule has 2 aromatic carbocycles. The summed E-state index contributed by atoms with van der Waals surface area (Å²) in [7, 11) is 0. The maximum absolute atomic E-state index is 12.4. The minimum absolute atomic E-state index is 0.0352. The number of pyridine rings is 1. The molecule has 9 heteroatoms. The predicted octanol–water partition coefficient (Wildman–Crippen LogP) is 6.58. The van der Waals surface area contributed by atoms with Crippen LogP contribution in [-0.4, -0.2) is 31.6 Å². The number of nitrogens with one attached hydrogen (secondary N) is 2. The number of aromatic carboxylic acids is 1.